The van der Waals surface area contributed by atoms with Crippen molar-refractivity contribution in [3.05, 3.63) is 59.7 Å². The number of rotatable bonds is 2. The van der Waals surface area contributed by atoms with Gasteiger partial charge in [0.15, 0.2) is 0 Å². The lowest BCUT2D eigenvalue weighted by Crippen LogP contribution is -2.41. The maximum Gasteiger partial charge on any atom is 0.252 e. The molecule has 114 valence electrons. The summed E-state index contributed by atoms with van der Waals surface area (Å²) < 4.78 is 0. The highest BCUT2D eigenvalue weighted by Gasteiger charge is 2.40. The Bertz CT molecular complexity index is 695. The molecule has 1 N–H and O–H groups in total. The minimum absolute atomic E-state index is 0.00730. The molecule has 0 bridgehead atoms. The number of allylic oxidation sites excluding steroid dienone is 4. The summed E-state index contributed by atoms with van der Waals surface area (Å²) in [4.78, 5) is 14.5. The monoisotopic (exact) mass is 294 g/mol. The van der Waals surface area contributed by atoms with Gasteiger partial charge in [-0.25, -0.2) is 0 Å². The zero-order chi connectivity index (χ0) is 15.9. The molecule has 0 fully saturated rings. The third-order valence-corrected chi connectivity index (χ3v) is 4.82. The summed E-state index contributed by atoms with van der Waals surface area (Å²) in [6.45, 7) is 4.30. The Morgan fingerprint density at radius 1 is 1.18 bits per heavy atom. The van der Waals surface area contributed by atoms with Crippen molar-refractivity contribution in [2.24, 2.45) is 11.3 Å². The van der Waals surface area contributed by atoms with Gasteiger partial charge in [-0.3, -0.25) is 4.79 Å². The first-order valence-corrected chi connectivity index (χ1v) is 7.63. The molecule has 2 aliphatic rings. The highest BCUT2D eigenvalue weighted by atomic mass is 16.1. The number of carbonyl (C=O) groups excluding carboxylic acids is 1. The standard InChI is InChI=1S/C19H22N2O/c1-13-6-5-7-16-18(22)20-17(12-19(13,16)2)14-8-10-15(11-9-14)21(3)4/h5-13H,1-4H3,(H,20,22). The van der Waals surface area contributed by atoms with Crippen molar-refractivity contribution >= 4 is 17.3 Å². The Kier molecular flexibility index (Phi) is 3.44. The van der Waals surface area contributed by atoms with Crippen molar-refractivity contribution in [1.29, 1.82) is 0 Å². The van der Waals surface area contributed by atoms with Crippen LogP contribution in [0, 0.1) is 11.3 Å². The lowest BCUT2D eigenvalue weighted by Gasteiger charge is -2.39. The molecule has 3 heteroatoms. The summed E-state index contributed by atoms with van der Waals surface area (Å²) >= 11 is 0. The van der Waals surface area contributed by atoms with Crippen LogP contribution in [0.15, 0.2) is 54.1 Å². The number of amides is 1. The molecular weight excluding hydrogens is 272 g/mol. The third kappa shape index (κ3) is 2.27. The number of nitrogens with zero attached hydrogens (tertiary/aromatic N) is 1. The predicted octanol–water partition coefficient (Wildman–Crippen LogP) is 3.36. The number of fused-ring (bicyclic) bond motifs is 1. The number of hydrogen-bond donors (Lipinski definition) is 1. The molecule has 2 unspecified atom stereocenters. The summed E-state index contributed by atoms with van der Waals surface area (Å²) in [5.74, 6) is 0.308. The smallest absolute Gasteiger partial charge is 0.252 e. The van der Waals surface area contributed by atoms with Crippen LogP contribution in [0.25, 0.3) is 5.70 Å². The minimum Gasteiger partial charge on any atom is -0.378 e. The summed E-state index contributed by atoms with van der Waals surface area (Å²) in [6.07, 6.45) is 8.26. The van der Waals surface area contributed by atoms with Crippen LogP contribution < -0.4 is 10.2 Å². The first-order valence-electron chi connectivity index (χ1n) is 7.63. The lowest BCUT2D eigenvalue weighted by atomic mass is 9.67. The summed E-state index contributed by atoms with van der Waals surface area (Å²) in [5.41, 5.74) is 3.69. The van der Waals surface area contributed by atoms with Crippen molar-refractivity contribution in [1.82, 2.24) is 5.32 Å². The van der Waals surface area contributed by atoms with Crippen molar-refractivity contribution in [2.75, 3.05) is 19.0 Å². The van der Waals surface area contributed by atoms with E-state index in [1.165, 1.54) is 0 Å². The topological polar surface area (TPSA) is 32.3 Å². The van der Waals surface area contributed by atoms with Gasteiger partial charge >= 0.3 is 0 Å². The van der Waals surface area contributed by atoms with Crippen molar-refractivity contribution in [2.45, 2.75) is 13.8 Å². The largest absolute Gasteiger partial charge is 0.378 e. The van der Waals surface area contributed by atoms with E-state index in [0.29, 0.717) is 5.92 Å². The van der Waals surface area contributed by atoms with Gasteiger partial charge in [0.2, 0.25) is 0 Å². The number of carbonyl (C=O) groups is 1. The Morgan fingerprint density at radius 3 is 2.50 bits per heavy atom. The lowest BCUT2D eigenvalue weighted by molar-refractivity contribution is -0.117. The number of hydrogen-bond acceptors (Lipinski definition) is 2. The average Bonchev–Trinajstić information content (AvgIpc) is 2.49. The van der Waals surface area contributed by atoms with Crippen LogP contribution in [0.1, 0.15) is 19.4 Å². The average molecular weight is 294 g/mol. The van der Waals surface area contributed by atoms with Crippen molar-refractivity contribution in [3.63, 3.8) is 0 Å². The molecule has 0 saturated heterocycles. The van der Waals surface area contributed by atoms with Gasteiger partial charge in [0.25, 0.3) is 5.91 Å². The molecule has 1 aliphatic carbocycles. The number of benzene rings is 1. The molecule has 1 aliphatic heterocycles. The first kappa shape index (κ1) is 14.6. The van der Waals surface area contributed by atoms with Crippen LogP contribution in [0.2, 0.25) is 0 Å². The normalized spacial score (nSPS) is 26.7. The molecule has 3 nitrogen and oxygen atoms in total. The van der Waals surface area contributed by atoms with Crippen LogP contribution in [0.4, 0.5) is 5.69 Å². The molecule has 1 amide bonds. The SMILES string of the molecule is CC1C=CC=C2C(=O)NC(c3ccc(N(C)C)cc3)=CC21C. The third-order valence-electron chi connectivity index (χ3n) is 4.82. The zero-order valence-corrected chi connectivity index (χ0v) is 13.6. The Hall–Kier alpha value is -2.29. The van der Waals surface area contributed by atoms with E-state index in [9.17, 15) is 4.79 Å². The molecule has 0 saturated carbocycles. The molecule has 0 aromatic heterocycles. The molecule has 1 heterocycles. The number of anilines is 1. The molecule has 2 atom stereocenters. The predicted molar refractivity (Wildman–Crippen MR) is 91.4 cm³/mol. The van der Waals surface area contributed by atoms with Gasteiger partial charge in [-0.2, -0.15) is 0 Å². The van der Waals surface area contributed by atoms with Crippen molar-refractivity contribution < 1.29 is 4.79 Å². The Morgan fingerprint density at radius 2 is 1.86 bits per heavy atom. The quantitative estimate of drug-likeness (QED) is 0.907. The van der Waals surface area contributed by atoms with E-state index < -0.39 is 0 Å². The van der Waals surface area contributed by atoms with Crippen LogP contribution >= 0.6 is 0 Å². The van der Waals surface area contributed by atoms with E-state index >= 15 is 0 Å². The summed E-state index contributed by atoms with van der Waals surface area (Å²) in [5, 5.41) is 3.03. The van der Waals surface area contributed by atoms with Crippen LogP contribution in [0.3, 0.4) is 0 Å². The van der Waals surface area contributed by atoms with Gasteiger partial charge in [0, 0.05) is 36.5 Å². The molecule has 0 spiro atoms. The Labute approximate surface area is 132 Å². The van der Waals surface area contributed by atoms with Crippen LogP contribution in [-0.4, -0.2) is 20.0 Å². The number of nitrogens with one attached hydrogen (secondary N) is 1. The molecule has 22 heavy (non-hydrogen) atoms. The van der Waals surface area contributed by atoms with Gasteiger partial charge in [0.1, 0.15) is 0 Å². The van der Waals surface area contributed by atoms with Crippen LogP contribution in [-0.2, 0) is 4.79 Å². The second-order valence-electron chi connectivity index (χ2n) is 6.49. The van der Waals surface area contributed by atoms with Gasteiger partial charge in [-0.1, -0.05) is 44.2 Å². The maximum absolute atomic E-state index is 12.5. The summed E-state index contributed by atoms with van der Waals surface area (Å²) in [7, 11) is 4.04. The molecule has 0 radical (unpaired) electrons. The maximum atomic E-state index is 12.5. The van der Waals surface area contributed by atoms with E-state index in [1.54, 1.807) is 0 Å². The molecule has 1 aromatic rings. The second kappa shape index (κ2) is 5.16. The minimum atomic E-state index is -0.243. The summed E-state index contributed by atoms with van der Waals surface area (Å²) in [6, 6.07) is 8.26. The fourth-order valence-electron chi connectivity index (χ4n) is 3.09. The fraction of sp³-hybridized carbons (Fsp3) is 0.316. The van der Waals surface area contributed by atoms with Gasteiger partial charge in [0.05, 0.1) is 0 Å². The highest BCUT2D eigenvalue weighted by molar-refractivity contribution is 6.03. The zero-order valence-electron chi connectivity index (χ0n) is 13.6. The van der Waals surface area contributed by atoms with E-state index in [2.05, 4.69) is 60.5 Å². The fourth-order valence-corrected chi connectivity index (χ4v) is 3.09. The van der Waals surface area contributed by atoms with Crippen molar-refractivity contribution in [3.8, 4) is 0 Å². The highest BCUT2D eigenvalue weighted by Crippen LogP contribution is 2.44. The van der Waals surface area contributed by atoms with E-state index in [4.69, 9.17) is 0 Å². The van der Waals surface area contributed by atoms with E-state index in [-0.39, 0.29) is 11.3 Å². The molecule has 1 aromatic carbocycles. The van der Waals surface area contributed by atoms with E-state index in [1.807, 2.05) is 26.2 Å². The first-order chi connectivity index (χ1) is 10.4. The molecular formula is C19H22N2O. The Balaban J connectivity index is 2.02. The van der Waals surface area contributed by atoms with E-state index in [0.717, 1.165) is 22.5 Å². The van der Waals surface area contributed by atoms with Gasteiger partial charge in [-0.05, 0) is 29.7 Å². The van der Waals surface area contributed by atoms with Gasteiger partial charge in [-0.15, -0.1) is 0 Å². The van der Waals surface area contributed by atoms with Crippen LogP contribution in [0.5, 0.6) is 0 Å². The van der Waals surface area contributed by atoms with Gasteiger partial charge < -0.3 is 10.2 Å². The second-order valence-corrected chi connectivity index (χ2v) is 6.49. The molecule has 3 rings (SSSR count).